The summed E-state index contributed by atoms with van der Waals surface area (Å²) in [5.74, 6) is 0.526. The molecule has 1 spiro atoms. The summed E-state index contributed by atoms with van der Waals surface area (Å²) in [6.07, 6.45) is 7.75. The van der Waals surface area contributed by atoms with Crippen LogP contribution in [0, 0.1) is 5.41 Å². The Labute approximate surface area is 166 Å². The summed E-state index contributed by atoms with van der Waals surface area (Å²) in [5, 5.41) is 10.6. The molecule has 28 heavy (non-hydrogen) atoms. The molecule has 7 heteroatoms. The van der Waals surface area contributed by atoms with Crippen LogP contribution in [0.4, 0.5) is 0 Å². The lowest BCUT2D eigenvalue weighted by Crippen LogP contribution is -2.57. The minimum atomic E-state index is -0.279. The topological polar surface area (TPSA) is 75.1 Å². The van der Waals surface area contributed by atoms with E-state index in [2.05, 4.69) is 9.88 Å². The summed E-state index contributed by atoms with van der Waals surface area (Å²) in [7, 11) is 1.56. The van der Waals surface area contributed by atoms with Crippen molar-refractivity contribution in [2.24, 2.45) is 5.41 Å². The first-order chi connectivity index (χ1) is 13.6. The van der Waals surface area contributed by atoms with Crippen molar-refractivity contribution >= 4 is 5.91 Å². The van der Waals surface area contributed by atoms with Gasteiger partial charge < -0.3 is 19.5 Å². The zero-order chi connectivity index (χ0) is 19.6. The number of ether oxygens (including phenoxy) is 2. The molecule has 3 aliphatic rings. The van der Waals surface area contributed by atoms with Crippen molar-refractivity contribution in [2.75, 3.05) is 46.5 Å². The fraction of sp³-hybridized carbons (Fsp3) is 0.714. The predicted molar refractivity (Wildman–Crippen MR) is 104 cm³/mol. The van der Waals surface area contributed by atoms with Gasteiger partial charge in [0.1, 0.15) is 5.75 Å². The molecule has 4 rings (SSSR count). The van der Waals surface area contributed by atoms with E-state index in [0.29, 0.717) is 17.4 Å². The SMILES string of the molecule is COc1cnccc1C(=O)N1CCC2(CC1)CC(O)CN(C1CCOCC1)C2. The number of β-amino-alcohol motifs (C(OH)–C–C–N with tert-alkyl or cyclic N) is 1. The van der Waals surface area contributed by atoms with Gasteiger partial charge >= 0.3 is 0 Å². The molecule has 1 aromatic rings. The molecular formula is C21H31N3O4. The highest BCUT2D eigenvalue weighted by atomic mass is 16.5. The maximum Gasteiger partial charge on any atom is 0.257 e. The number of carbonyl (C=O) groups excluding carboxylic acids is 1. The average Bonchev–Trinajstić information content (AvgIpc) is 2.74. The van der Waals surface area contributed by atoms with E-state index in [-0.39, 0.29) is 17.4 Å². The first-order valence-corrected chi connectivity index (χ1v) is 10.4. The largest absolute Gasteiger partial charge is 0.494 e. The van der Waals surface area contributed by atoms with Crippen LogP contribution in [0.1, 0.15) is 42.5 Å². The van der Waals surface area contributed by atoms with Crippen molar-refractivity contribution in [3.8, 4) is 5.75 Å². The Morgan fingerprint density at radius 1 is 1.32 bits per heavy atom. The van der Waals surface area contributed by atoms with Gasteiger partial charge in [0.25, 0.3) is 5.91 Å². The molecular weight excluding hydrogens is 358 g/mol. The molecule has 154 valence electrons. The normalized spacial score (nSPS) is 26.4. The molecule has 0 bridgehead atoms. The summed E-state index contributed by atoms with van der Waals surface area (Å²) in [6, 6.07) is 2.24. The molecule has 4 heterocycles. The summed E-state index contributed by atoms with van der Waals surface area (Å²) in [4.78, 5) is 21.4. The number of likely N-dealkylation sites (tertiary alicyclic amines) is 2. The highest BCUT2D eigenvalue weighted by Gasteiger charge is 2.44. The van der Waals surface area contributed by atoms with Crippen molar-refractivity contribution in [1.82, 2.24) is 14.8 Å². The standard InChI is InChI=1S/C21H31N3O4/c1-27-19-13-22-7-2-18(19)20(26)23-8-5-21(6-9-23)12-17(25)14-24(15-21)16-3-10-28-11-4-16/h2,7,13,16-17,25H,3-6,8-12,14-15H2,1H3. The maximum absolute atomic E-state index is 13.0. The van der Waals surface area contributed by atoms with Gasteiger partial charge in [-0.3, -0.25) is 14.7 Å². The third-order valence-electron chi connectivity index (χ3n) is 6.71. The van der Waals surface area contributed by atoms with Gasteiger partial charge in [-0.05, 0) is 43.6 Å². The van der Waals surface area contributed by atoms with Crippen LogP contribution in [0.3, 0.4) is 0 Å². The maximum atomic E-state index is 13.0. The minimum absolute atomic E-state index is 0.00624. The number of aliphatic hydroxyl groups excluding tert-OH is 1. The van der Waals surface area contributed by atoms with Crippen LogP contribution in [0.2, 0.25) is 0 Å². The fourth-order valence-corrected chi connectivity index (χ4v) is 5.16. The third-order valence-corrected chi connectivity index (χ3v) is 6.71. The molecule has 3 aliphatic heterocycles. The lowest BCUT2D eigenvalue weighted by atomic mass is 9.71. The van der Waals surface area contributed by atoms with Crippen LogP contribution in [0.25, 0.3) is 0 Å². The Balaban J connectivity index is 1.41. The Hall–Kier alpha value is -1.70. The van der Waals surface area contributed by atoms with Crippen LogP contribution in [-0.4, -0.2) is 84.4 Å². The summed E-state index contributed by atoms with van der Waals surface area (Å²) in [6.45, 7) is 4.87. The second-order valence-electron chi connectivity index (χ2n) is 8.50. The van der Waals surface area contributed by atoms with Gasteiger partial charge in [-0.1, -0.05) is 0 Å². The molecule has 1 aromatic heterocycles. The van der Waals surface area contributed by atoms with E-state index < -0.39 is 0 Å². The van der Waals surface area contributed by atoms with E-state index in [1.807, 2.05) is 4.90 Å². The summed E-state index contributed by atoms with van der Waals surface area (Å²) >= 11 is 0. The number of pyridine rings is 1. The van der Waals surface area contributed by atoms with Crippen molar-refractivity contribution in [3.05, 3.63) is 24.0 Å². The summed E-state index contributed by atoms with van der Waals surface area (Å²) < 4.78 is 10.8. The second kappa shape index (κ2) is 8.35. The Morgan fingerprint density at radius 3 is 2.79 bits per heavy atom. The van der Waals surface area contributed by atoms with Crippen LogP contribution >= 0.6 is 0 Å². The van der Waals surface area contributed by atoms with Gasteiger partial charge in [0.2, 0.25) is 0 Å². The number of rotatable bonds is 3. The monoisotopic (exact) mass is 389 g/mol. The summed E-state index contributed by atoms with van der Waals surface area (Å²) in [5.41, 5.74) is 0.677. The lowest BCUT2D eigenvalue weighted by Gasteiger charge is -2.51. The van der Waals surface area contributed by atoms with Crippen molar-refractivity contribution < 1.29 is 19.4 Å². The number of aromatic nitrogens is 1. The fourth-order valence-electron chi connectivity index (χ4n) is 5.16. The number of hydrogen-bond donors (Lipinski definition) is 1. The zero-order valence-electron chi connectivity index (χ0n) is 16.7. The van der Waals surface area contributed by atoms with Crippen molar-refractivity contribution in [1.29, 1.82) is 0 Å². The molecule has 1 amide bonds. The quantitative estimate of drug-likeness (QED) is 0.846. The van der Waals surface area contributed by atoms with Gasteiger partial charge in [-0.15, -0.1) is 0 Å². The van der Waals surface area contributed by atoms with Gasteiger partial charge in [0.15, 0.2) is 0 Å². The molecule has 0 aliphatic carbocycles. The smallest absolute Gasteiger partial charge is 0.257 e. The first-order valence-electron chi connectivity index (χ1n) is 10.4. The van der Waals surface area contributed by atoms with Gasteiger partial charge in [-0.25, -0.2) is 0 Å². The second-order valence-corrected chi connectivity index (χ2v) is 8.50. The Kier molecular flexibility index (Phi) is 5.85. The number of hydrogen-bond acceptors (Lipinski definition) is 6. The number of aliphatic hydroxyl groups is 1. The van der Waals surface area contributed by atoms with Gasteiger partial charge in [-0.2, -0.15) is 0 Å². The third kappa shape index (κ3) is 4.02. The van der Waals surface area contributed by atoms with Gasteiger partial charge in [0, 0.05) is 51.6 Å². The van der Waals surface area contributed by atoms with Crippen LogP contribution in [0.5, 0.6) is 5.75 Å². The molecule has 0 saturated carbocycles. The molecule has 1 atom stereocenters. The lowest BCUT2D eigenvalue weighted by molar-refractivity contribution is -0.0695. The number of methoxy groups -OCH3 is 1. The number of carbonyl (C=O) groups is 1. The molecule has 3 saturated heterocycles. The molecule has 3 fully saturated rings. The van der Waals surface area contributed by atoms with Crippen LogP contribution in [-0.2, 0) is 4.74 Å². The highest BCUT2D eigenvalue weighted by molar-refractivity contribution is 5.96. The Morgan fingerprint density at radius 2 is 2.07 bits per heavy atom. The molecule has 0 aromatic carbocycles. The van der Waals surface area contributed by atoms with E-state index in [1.165, 1.54) is 0 Å². The van der Waals surface area contributed by atoms with E-state index in [9.17, 15) is 9.90 Å². The van der Waals surface area contributed by atoms with Gasteiger partial charge in [0.05, 0.1) is 25.0 Å². The molecule has 1 unspecified atom stereocenters. The van der Waals surface area contributed by atoms with E-state index >= 15 is 0 Å². The van der Waals surface area contributed by atoms with E-state index in [4.69, 9.17) is 9.47 Å². The number of piperidine rings is 2. The zero-order valence-corrected chi connectivity index (χ0v) is 16.7. The minimum Gasteiger partial charge on any atom is -0.494 e. The number of amides is 1. The van der Waals surface area contributed by atoms with E-state index in [1.54, 1.807) is 25.6 Å². The predicted octanol–water partition coefficient (Wildman–Crippen LogP) is 1.56. The number of nitrogens with zero attached hydrogens (tertiary/aromatic N) is 3. The first kappa shape index (κ1) is 19.6. The molecule has 1 N–H and O–H groups in total. The molecule has 7 nitrogen and oxygen atoms in total. The average molecular weight is 389 g/mol. The van der Waals surface area contributed by atoms with Crippen molar-refractivity contribution in [3.63, 3.8) is 0 Å². The van der Waals surface area contributed by atoms with Crippen LogP contribution in [0.15, 0.2) is 18.5 Å². The van der Waals surface area contributed by atoms with Crippen LogP contribution < -0.4 is 4.74 Å². The molecule has 0 radical (unpaired) electrons. The highest BCUT2D eigenvalue weighted by Crippen LogP contribution is 2.41. The van der Waals surface area contributed by atoms with E-state index in [0.717, 1.165) is 71.5 Å². The Bertz CT molecular complexity index is 684. The van der Waals surface area contributed by atoms with Crippen molar-refractivity contribution in [2.45, 2.75) is 44.2 Å².